The first kappa shape index (κ1) is 7.73. The zero-order valence-electron chi connectivity index (χ0n) is 8.71. The largest absolute Gasteiger partial charge is 0.0807 e. The van der Waals surface area contributed by atoms with Crippen molar-refractivity contribution in [3.63, 3.8) is 0 Å². The molecule has 0 nitrogen and oxygen atoms in total. The Morgan fingerprint density at radius 2 is 1.36 bits per heavy atom. The molecule has 5 aliphatic rings. The molecule has 0 aromatic heterocycles. The predicted octanol–water partition coefficient (Wildman–Crippen LogP) is 3.70. The zero-order chi connectivity index (χ0) is 9.12. The van der Waals surface area contributed by atoms with Crippen molar-refractivity contribution in [2.24, 2.45) is 23.7 Å². The molecule has 5 aliphatic carbocycles. The molecule has 4 bridgehead atoms. The summed E-state index contributed by atoms with van der Waals surface area (Å²) in [6.07, 6.45) is 14.0. The molecule has 0 N–H and O–H groups in total. The van der Waals surface area contributed by atoms with Gasteiger partial charge in [-0.2, -0.15) is 0 Å². The first-order valence-electron chi connectivity index (χ1n) is 6.35. The first-order valence-corrected chi connectivity index (χ1v) is 6.35. The molecule has 0 aromatic carbocycles. The van der Waals surface area contributed by atoms with Crippen molar-refractivity contribution in [1.82, 2.24) is 0 Å². The highest BCUT2D eigenvalue weighted by molar-refractivity contribution is 5.41. The SMILES string of the molecule is C1=CC2CCC1C1=C2C2CCCC1C2. The molecule has 14 heavy (non-hydrogen) atoms. The number of hydrogen-bond donors (Lipinski definition) is 0. The van der Waals surface area contributed by atoms with Gasteiger partial charge in [-0.25, -0.2) is 0 Å². The van der Waals surface area contributed by atoms with E-state index in [0.29, 0.717) is 0 Å². The molecule has 4 atom stereocenters. The topological polar surface area (TPSA) is 0 Å². The van der Waals surface area contributed by atoms with E-state index in [9.17, 15) is 0 Å². The molecular formula is C14H18. The van der Waals surface area contributed by atoms with Crippen LogP contribution in [0.2, 0.25) is 0 Å². The van der Waals surface area contributed by atoms with Gasteiger partial charge in [-0.15, -0.1) is 0 Å². The molecule has 5 rings (SSSR count). The van der Waals surface area contributed by atoms with Crippen LogP contribution >= 0.6 is 0 Å². The van der Waals surface area contributed by atoms with E-state index in [1.165, 1.54) is 38.5 Å². The fourth-order valence-electron chi connectivity index (χ4n) is 4.60. The van der Waals surface area contributed by atoms with Crippen LogP contribution in [0.1, 0.15) is 38.5 Å². The fourth-order valence-corrected chi connectivity index (χ4v) is 4.60. The van der Waals surface area contributed by atoms with E-state index >= 15 is 0 Å². The molecule has 0 saturated heterocycles. The summed E-state index contributed by atoms with van der Waals surface area (Å²) in [5, 5.41) is 0. The summed E-state index contributed by atoms with van der Waals surface area (Å²) in [6.45, 7) is 0. The Kier molecular flexibility index (Phi) is 1.40. The summed E-state index contributed by atoms with van der Waals surface area (Å²) in [6, 6.07) is 0. The van der Waals surface area contributed by atoms with Crippen molar-refractivity contribution < 1.29 is 0 Å². The van der Waals surface area contributed by atoms with Gasteiger partial charge in [0, 0.05) is 0 Å². The van der Waals surface area contributed by atoms with Crippen LogP contribution in [0.15, 0.2) is 23.3 Å². The van der Waals surface area contributed by atoms with Crippen LogP contribution in [0, 0.1) is 23.7 Å². The highest BCUT2D eigenvalue weighted by Gasteiger charge is 2.44. The van der Waals surface area contributed by atoms with Gasteiger partial charge < -0.3 is 0 Å². The molecule has 0 heterocycles. The number of rotatable bonds is 0. The minimum Gasteiger partial charge on any atom is -0.0807 e. The molecule has 0 spiro atoms. The van der Waals surface area contributed by atoms with Crippen LogP contribution in [0.3, 0.4) is 0 Å². The van der Waals surface area contributed by atoms with E-state index in [-0.39, 0.29) is 0 Å². The van der Waals surface area contributed by atoms with Crippen LogP contribution in [0.25, 0.3) is 0 Å². The maximum Gasteiger partial charge on any atom is -0.00170 e. The molecule has 0 amide bonds. The Labute approximate surface area is 86.1 Å². The third kappa shape index (κ3) is 0.809. The summed E-state index contributed by atoms with van der Waals surface area (Å²) in [4.78, 5) is 0. The van der Waals surface area contributed by atoms with Gasteiger partial charge in [-0.05, 0) is 55.8 Å². The second kappa shape index (κ2) is 2.53. The van der Waals surface area contributed by atoms with Crippen molar-refractivity contribution in [1.29, 1.82) is 0 Å². The lowest BCUT2D eigenvalue weighted by Gasteiger charge is -2.35. The second-order valence-corrected chi connectivity index (χ2v) is 5.65. The number of allylic oxidation sites excluding steroid dienone is 4. The van der Waals surface area contributed by atoms with Gasteiger partial charge in [-0.1, -0.05) is 29.7 Å². The van der Waals surface area contributed by atoms with E-state index in [0.717, 1.165) is 23.7 Å². The fraction of sp³-hybridized carbons (Fsp3) is 0.714. The minimum absolute atomic E-state index is 0.878. The van der Waals surface area contributed by atoms with E-state index in [1.54, 1.807) is 0 Å². The molecule has 4 unspecified atom stereocenters. The van der Waals surface area contributed by atoms with Crippen molar-refractivity contribution >= 4 is 0 Å². The van der Waals surface area contributed by atoms with Gasteiger partial charge in [-0.3, -0.25) is 0 Å². The van der Waals surface area contributed by atoms with Crippen molar-refractivity contribution in [2.75, 3.05) is 0 Å². The van der Waals surface area contributed by atoms with E-state index in [2.05, 4.69) is 12.2 Å². The average Bonchev–Trinajstić information content (AvgIpc) is 2.55. The highest BCUT2D eigenvalue weighted by atomic mass is 14.5. The predicted molar refractivity (Wildman–Crippen MR) is 57.8 cm³/mol. The Morgan fingerprint density at radius 1 is 0.786 bits per heavy atom. The summed E-state index contributed by atoms with van der Waals surface area (Å²) < 4.78 is 0. The molecular weight excluding hydrogens is 168 g/mol. The molecule has 1 saturated carbocycles. The van der Waals surface area contributed by atoms with Gasteiger partial charge in [0.25, 0.3) is 0 Å². The Balaban J connectivity index is 1.86. The Morgan fingerprint density at radius 3 is 1.86 bits per heavy atom. The average molecular weight is 186 g/mol. The van der Waals surface area contributed by atoms with E-state index < -0.39 is 0 Å². The lowest BCUT2D eigenvalue weighted by Crippen LogP contribution is -2.22. The monoisotopic (exact) mass is 186 g/mol. The van der Waals surface area contributed by atoms with Crippen molar-refractivity contribution in [3.05, 3.63) is 23.3 Å². The van der Waals surface area contributed by atoms with Crippen LogP contribution < -0.4 is 0 Å². The molecule has 74 valence electrons. The smallest absolute Gasteiger partial charge is 0.00170 e. The lowest BCUT2D eigenvalue weighted by atomic mass is 9.70. The van der Waals surface area contributed by atoms with Gasteiger partial charge in [0.15, 0.2) is 0 Å². The maximum atomic E-state index is 2.52. The third-order valence-corrected chi connectivity index (χ3v) is 5.05. The minimum atomic E-state index is 0.878. The summed E-state index contributed by atoms with van der Waals surface area (Å²) in [5.41, 5.74) is 3.87. The molecule has 1 fully saturated rings. The molecule has 0 aromatic rings. The summed E-state index contributed by atoms with van der Waals surface area (Å²) in [7, 11) is 0. The van der Waals surface area contributed by atoms with Crippen LogP contribution in [0.4, 0.5) is 0 Å². The zero-order valence-corrected chi connectivity index (χ0v) is 8.71. The second-order valence-electron chi connectivity index (χ2n) is 5.65. The van der Waals surface area contributed by atoms with Gasteiger partial charge in [0.2, 0.25) is 0 Å². The first-order chi connectivity index (χ1) is 6.93. The number of hydrogen-bond acceptors (Lipinski definition) is 0. The van der Waals surface area contributed by atoms with Gasteiger partial charge >= 0.3 is 0 Å². The van der Waals surface area contributed by atoms with Crippen LogP contribution in [0.5, 0.6) is 0 Å². The van der Waals surface area contributed by atoms with E-state index in [4.69, 9.17) is 0 Å². The lowest BCUT2D eigenvalue weighted by molar-refractivity contribution is 0.361. The maximum absolute atomic E-state index is 2.52. The Bertz CT molecular complexity index is 304. The quantitative estimate of drug-likeness (QED) is 0.506. The van der Waals surface area contributed by atoms with Crippen molar-refractivity contribution in [2.45, 2.75) is 38.5 Å². The van der Waals surface area contributed by atoms with Crippen LogP contribution in [-0.4, -0.2) is 0 Å². The van der Waals surface area contributed by atoms with Gasteiger partial charge in [0.05, 0.1) is 0 Å². The normalized spacial score (nSPS) is 48.6. The third-order valence-electron chi connectivity index (χ3n) is 5.05. The standard InChI is InChI=1S/C14H18/c1-2-11-8-12(3-1)14-10-6-4-9(5-7-10)13(11)14/h4,6,9-12H,1-3,5,7-8H2. The molecule has 0 aliphatic heterocycles. The summed E-state index contributed by atoms with van der Waals surface area (Å²) >= 11 is 0. The van der Waals surface area contributed by atoms with E-state index in [1.807, 2.05) is 11.1 Å². The highest BCUT2D eigenvalue weighted by Crippen LogP contribution is 2.57. The number of fused-ring (bicyclic) bond motifs is 3. The van der Waals surface area contributed by atoms with Crippen molar-refractivity contribution in [3.8, 4) is 0 Å². The molecule has 0 heteroatoms. The Hall–Kier alpha value is -0.520. The van der Waals surface area contributed by atoms with Gasteiger partial charge in [0.1, 0.15) is 0 Å². The summed E-state index contributed by atoms with van der Waals surface area (Å²) in [5.74, 6) is 3.79. The van der Waals surface area contributed by atoms with Crippen LogP contribution in [-0.2, 0) is 0 Å². The molecule has 0 radical (unpaired) electrons.